The minimum Gasteiger partial charge on any atom is -0.477 e. The maximum absolute atomic E-state index is 13.4. The van der Waals surface area contributed by atoms with E-state index in [4.69, 9.17) is 0 Å². The quantitative estimate of drug-likeness (QED) is 0.347. The third-order valence-corrected chi connectivity index (χ3v) is 7.41. The van der Waals surface area contributed by atoms with Gasteiger partial charge in [0.25, 0.3) is 0 Å². The van der Waals surface area contributed by atoms with E-state index in [0.717, 1.165) is 81.2 Å². The fourth-order valence-corrected chi connectivity index (χ4v) is 5.40. The lowest BCUT2D eigenvalue weighted by Gasteiger charge is -2.44. The van der Waals surface area contributed by atoms with E-state index in [9.17, 15) is 14.7 Å². The van der Waals surface area contributed by atoms with Crippen LogP contribution < -0.4 is 15.5 Å². The van der Waals surface area contributed by atoms with Crippen LogP contribution in [0.5, 0.6) is 0 Å². The summed E-state index contributed by atoms with van der Waals surface area (Å²) in [5.41, 5.74) is 1.94. The van der Waals surface area contributed by atoms with Crippen molar-refractivity contribution in [3.63, 3.8) is 0 Å². The summed E-state index contributed by atoms with van der Waals surface area (Å²) >= 11 is 0. The number of hydrogen-bond acceptors (Lipinski definition) is 7. The summed E-state index contributed by atoms with van der Waals surface area (Å²) in [6, 6.07) is 5.33. The molecule has 0 atom stereocenters. The van der Waals surface area contributed by atoms with Crippen LogP contribution in [0.1, 0.15) is 68.1 Å². The van der Waals surface area contributed by atoms with Crippen LogP contribution in [0.4, 0.5) is 17.5 Å². The van der Waals surface area contributed by atoms with E-state index in [0.29, 0.717) is 24.0 Å². The Morgan fingerprint density at radius 3 is 2.75 bits per heavy atom. The van der Waals surface area contributed by atoms with Gasteiger partial charge in [0.05, 0.1) is 23.0 Å². The van der Waals surface area contributed by atoms with Crippen molar-refractivity contribution in [2.45, 2.75) is 58.3 Å². The third kappa shape index (κ3) is 4.77. The number of carbonyl (C=O) groups is 2. The number of nitrogens with one attached hydrogen (secondary N) is 3. The molecule has 1 amide bonds. The van der Waals surface area contributed by atoms with Gasteiger partial charge in [0.2, 0.25) is 11.9 Å². The predicted octanol–water partition coefficient (Wildman–Crippen LogP) is 4.02. The first-order valence-corrected chi connectivity index (χ1v) is 12.9. The smallest absolute Gasteiger partial charge is 0.352 e. The number of unbranched alkanes of at least 4 members (excludes halogenated alkanes) is 2. The van der Waals surface area contributed by atoms with Crippen LogP contribution in [0, 0.1) is 5.41 Å². The topological polar surface area (TPSA) is 136 Å². The normalized spacial score (nSPS) is 17.6. The number of H-pyrrole nitrogens is 1. The minimum atomic E-state index is -1.03. The molecule has 2 aliphatic rings. The van der Waals surface area contributed by atoms with Gasteiger partial charge in [0.15, 0.2) is 0 Å². The number of piperidine rings is 2. The van der Waals surface area contributed by atoms with Crippen molar-refractivity contribution in [3.8, 4) is 0 Å². The number of anilines is 3. The lowest BCUT2D eigenvalue weighted by molar-refractivity contribution is -0.132. The van der Waals surface area contributed by atoms with E-state index < -0.39 is 5.97 Å². The first-order valence-electron chi connectivity index (χ1n) is 12.9. The molecule has 2 saturated heterocycles. The molecule has 4 N–H and O–H groups in total. The Labute approximate surface area is 209 Å². The molecule has 190 valence electrons. The molecule has 36 heavy (non-hydrogen) atoms. The number of amides is 1. The van der Waals surface area contributed by atoms with E-state index in [1.807, 2.05) is 17.0 Å². The third-order valence-electron chi connectivity index (χ3n) is 7.41. The highest BCUT2D eigenvalue weighted by molar-refractivity contribution is 5.98. The number of aromatic amines is 1. The SMILES string of the molecule is CCCCCc1nc(Nc2ccc(N3CCCC4(CCNCC4)C3=O)cn2)nc2[nH]c(C(=O)O)cc12. The van der Waals surface area contributed by atoms with E-state index in [2.05, 4.69) is 37.5 Å². The Balaban J connectivity index is 1.36. The Bertz CT molecular complexity index is 1240. The summed E-state index contributed by atoms with van der Waals surface area (Å²) in [5, 5.41) is 16.6. The van der Waals surface area contributed by atoms with Crippen molar-refractivity contribution in [2.75, 3.05) is 29.9 Å². The molecule has 0 unspecified atom stereocenters. The molecular formula is C26H33N7O3. The number of carbonyl (C=O) groups excluding carboxylic acids is 1. The van der Waals surface area contributed by atoms with Crippen LogP contribution in [0.2, 0.25) is 0 Å². The summed E-state index contributed by atoms with van der Waals surface area (Å²) in [7, 11) is 0. The molecule has 0 aliphatic carbocycles. The van der Waals surface area contributed by atoms with Crippen LogP contribution in [0.25, 0.3) is 11.0 Å². The second-order valence-electron chi connectivity index (χ2n) is 9.82. The summed E-state index contributed by atoms with van der Waals surface area (Å²) in [6.07, 6.45) is 9.30. The molecule has 5 heterocycles. The number of aromatic carboxylic acids is 1. The van der Waals surface area contributed by atoms with Crippen molar-refractivity contribution >= 4 is 40.4 Å². The van der Waals surface area contributed by atoms with Crippen molar-refractivity contribution in [2.24, 2.45) is 5.41 Å². The van der Waals surface area contributed by atoms with Crippen molar-refractivity contribution < 1.29 is 14.7 Å². The van der Waals surface area contributed by atoms with Crippen LogP contribution in [0.15, 0.2) is 24.4 Å². The zero-order valence-electron chi connectivity index (χ0n) is 20.6. The predicted molar refractivity (Wildman–Crippen MR) is 138 cm³/mol. The molecule has 2 aliphatic heterocycles. The Hall–Kier alpha value is -3.53. The van der Waals surface area contributed by atoms with Gasteiger partial charge in [0.1, 0.15) is 17.2 Å². The highest BCUT2D eigenvalue weighted by atomic mass is 16.4. The Morgan fingerprint density at radius 1 is 1.19 bits per heavy atom. The Morgan fingerprint density at radius 2 is 2.03 bits per heavy atom. The molecule has 10 heteroatoms. The molecule has 0 radical (unpaired) electrons. The fourth-order valence-electron chi connectivity index (χ4n) is 5.40. The van der Waals surface area contributed by atoms with Gasteiger partial charge in [-0.05, 0) is 69.8 Å². The molecule has 10 nitrogen and oxygen atoms in total. The molecule has 0 bridgehead atoms. The first kappa shape index (κ1) is 24.2. The van der Waals surface area contributed by atoms with Crippen molar-refractivity contribution in [3.05, 3.63) is 35.8 Å². The zero-order valence-corrected chi connectivity index (χ0v) is 20.6. The van der Waals surface area contributed by atoms with E-state index in [1.54, 1.807) is 12.3 Å². The fraction of sp³-hybridized carbons (Fsp3) is 0.500. The lowest BCUT2D eigenvalue weighted by atomic mass is 9.72. The van der Waals surface area contributed by atoms with Gasteiger partial charge < -0.3 is 25.6 Å². The van der Waals surface area contributed by atoms with E-state index in [1.165, 1.54) is 0 Å². The summed E-state index contributed by atoms with van der Waals surface area (Å²) < 4.78 is 0. The number of rotatable bonds is 8. The summed E-state index contributed by atoms with van der Waals surface area (Å²) in [6.45, 7) is 4.63. The van der Waals surface area contributed by atoms with E-state index in [-0.39, 0.29) is 17.0 Å². The summed E-state index contributed by atoms with van der Waals surface area (Å²) in [4.78, 5) is 43.3. The van der Waals surface area contributed by atoms with Crippen molar-refractivity contribution in [1.29, 1.82) is 0 Å². The van der Waals surface area contributed by atoms with Gasteiger partial charge in [0, 0.05) is 11.9 Å². The molecule has 3 aromatic heterocycles. The zero-order chi connectivity index (χ0) is 25.1. The lowest BCUT2D eigenvalue weighted by Crippen LogP contribution is -2.53. The van der Waals surface area contributed by atoms with Gasteiger partial charge in [-0.2, -0.15) is 4.98 Å². The molecule has 5 rings (SSSR count). The van der Waals surface area contributed by atoms with Crippen molar-refractivity contribution in [1.82, 2.24) is 25.3 Å². The second kappa shape index (κ2) is 10.2. The standard InChI is InChI=1S/C26H33N7O3/c1-2-3-4-6-19-18-15-20(23(34)35)29-22(18)32-25(30-19)31-21-8-7-17(16-28-21)33-14-5-9-26(24(33)36)10-12-27-13-11-26/h7-8,15-16,27H,2-6,9-14H2,1H3,(H,34,35)(H2,28,29,30,31,32). The molecule has 1 spiro atoms. The number of carboxylic acid groups (broad SMARTS) is 1. The van der Waals surface area contributed by atoms with Gasteiger partial charge in [-0.1, -0.05) is 19.8 Å². The number of aromatic nitrogens is 4. The van der Waals surface area contributed by atoms with Gasteiger partial charge in [-0.15, -0.1) is 0 Å². The van der Waals surface area contributed by atoms with E-state index >= 15 is 0 Å². The van der Waals surface area contributed by atoms with Crippen LogP contribution in [-0.4, -0.2) is 56.6 Å². The monoisotopic (exact) mass is 491 g/mol. The maximum Gasteiger partial charge on any atom is 0.352 e. The van der Waals surface area contributed by atoms with Gasteiger partial charge in [-0.3, -0.25) is 4.79 Å². The number of nitrogens with zero attached hydrogens (tertiary/aromatic N) is 4. The molecule has 2 fully saturated rings. The second-order valence-corrected chi connectivity index (χ2v) is 9.82. The van der Waals surface area contributed by atoms with Crippen LogP contribution in [0.3, 0.4) is 0 Å². The molecule has 3 aromatic rings. The average Bonchev–Trinajstić information content (AvgIpc) is 3.32. The first-order chi connectivity index (χ1) is 17.5. The van der Waals surface area contributed by atoms with Crippen LogP contribution >= 0.6 is 0 Å². The Kier molecular flexibility index (Phi) is 6.86. The number of fused-ring (bicyclic) bond motifs is 1. The number of pyridine rings is 1. The van der Waals surface area contributed by atoms with Gasteiger partial charge >= 0.3 is 5.97 Å². The number of carboxylic acids is 1. The summed E-state index contributed by atoms with van der Waals surface area (Å²) in [5.74, 6) is 0.0986. The largest absolute Gasteiger partial charge is 0.477 e. The number of hydrogen-bond donors (Lipinski definition) is 4. The highest BCUT2D eigenvalue weighted by Crippen LogP contribution is 2.40. The highest BCUT2D eigenvalue weighted by Gasteiger charge is 2.44. The minimum absolute atomic E-state index is 0.0911. The number of aryl methyl sites for hydroxylation is 1. The maximum atomic E-state index is 13.4. The average molecular weight is 492 g/mol. The van der Waals surface area contributed by atoms with Crippen LogP contribution in [-0.2, 0) is 11.2 Å². The van der Waals surface area contributed by atoms with Gasteiger partial charge in [-0.25, -0.2) is 14.8 Å². The molecule has 0 saturated carbocycles. The molecular weight excluding hydrogens is 458 g/mol. The molecule has 0 aromatic carbocycles.